The molecule has 104 valence electrons. The highest BCUT2D eigenvalue weighted by molar-refractivity contribution is 7.16. The summed E-state index contributed by atoms with van der Waals surface area (Å²) in [6, 6.07) is 1.66. The zero-order valence-corrected chi connectivity index (χ0v) is 11.5. The van der Waals surface area contributed by atoms with Crippen LogP contribution in [0.5, 0.6) is 0 Å². The number of aryl methyl sites for hydroxylation is 1. The zero-order chi connectivity index (χ0) is 14.4. The van der Waals surface area contributed by atoms with E-state index in [-0.39, 0.29) is 18.4 Å². The van der Waals surface area contributed by atoms with Crippen molar-refractivity contribution in [1.82, 2.24) is 0 Å². The third kappa shape index (κ3) is 4.36. The van der Waals surface area contributed by atoms with Crippen molar-refractivity contribution < 1.29 is 24.2 Å². The fourth-order valence-corrected chi connectivity index (χ4v) is 2.38. The molecule has 0 aliphatic heterocycles. The molecule has 0 spiro atoms. The number of hydrogen-bond acceptors (Lipinski definition) is 6. The van der Waals surface area contributed by atoms with Gasteiger partial charge in [0.25, 0.3) is 0 Å². The highest BCUT2D eigenvalue weighted by Gasteiger charge is 2.17. The molecule has 0 saturated heterocycles. The number of carboxylic acids is 1. The van der Waals surface area contributed by atoms with Crippen LogP contribution in [0.2, 0.25) is 0 Å². The van der Waals surface area contributed by atoms with E-state index in [1.165, 1.54) is 18.4 Å². The maximum absolute atomic E-state index is 11.5. The third-order valence-corrected chi connectivity index (χ3v) is 3.54. The molecular formula is C12H14NO5S-. The molecule has 1 heterocycles. The molecule has 19 heavy (non-hydrogen) atoms. The summed E-state index contributed by atoms with van der Waals surface area (Å²) in [5.41, 5.74) is 0.283. The van der Waals surface area contributed by atoms with E-state index >= 15 is 0 Å². The number of aliphatic carboxylic acids is 1. The minimum Gasteiger partial charge on any atom is -0.550 e. The molecule has 0 aliphatic rings. The van der Waals surface area contributed by atoms with Crippen molar-refractivity contribution in [2.24, 2.45) is 0 Å². The average molecular weight is 284 g/mol. The van der Waals surface area contributed by atoms with Gasteiger partial charge < -0.3 is 20.0 Å². The Morgan fingerprint density at radius 1 is 1.37 bits per heavy atom. The molecular weight excluding hydrogens is 270 g/mol. The van der Waals surface area contributed by atoms with Gasteiger partial charge in [-0.3, -0.25) is 4.79 Å². The van der Waals surface area contributed by atoms with Gasteiger partial charge >= 0.3 is 5.97 Å². The first-order chi connectivity index (χ1) is 8.97. The summed E-state index contributed by atoms with van der Waals surface area (Å²) >= 11 is 1.27. The van der Waals surface area contributed by atoms with Crippen molar-refractivity contribution in [2.45, 2.75) is 26.2 Å². The lowest BCUT2D eigenvalue weighted by atomic mass is 10.2. The van der Waals surface area contributed by atoms with Crippen molar-refractivity contribution >= 4 is 34.2 Å². The topological polar surface area (TPSA) is 95.5 Å². The monoisotopic (exact) mass is 284 g/mol. The summed E-state index contributed by atoms with van der Waals surface area (Å²) in [7, 11) is 1.26. The lowest BCUT2D eigenvalue weighted by molar-refractivity contribution is -0.305. The molecule has 7 heteroatoms. The lowest BCUT2D eigenvalue weighted by Crippen LogP contribution is -2.24. The minimum atomic E-state index is -1.29. The second-order valence-corrected chi connectivity index (χ2v) is 4.86. The van der Waals surface area contributed by atoms with E-state index in [0.29, 0.717) is 5.00 Å². The number of methoxy groups -OCH3 is 1. The molecule has 1 aromatic heterocycles. The van der Waals surface area contributed by atoms with Crippen LogP contribution < -0.4 is 10.4 Å². The number of hydrogen-bond donors (Lipinski definition) is 1. The third-order valence-electron chi connectivity index (χ3n) is 2.35. The number of nitrogens with one attached hydrogen (secondary N) is 1. The number of ether oxygens (including phenoxy) is 1. The Morgan fingerprint density at radius 3 is 2.58 bits per heavy atom. The molecule has 0 saturated carbocycles. The Bertz CT molecular complexity index is 494. The van der Waals surface area contributed by atoms with Crippen LogP contribution in [0.4, 0.5) is 5.00 Å². The molecule has 1 N–H and O–H groups in total. The van der Waals surface area contributed by atoms with Gasteiger partial charge in [0.15, 0.2) is 0 Å². The van der Waals surface area contributed by atoms with Crippen LogP contribution in [0, 0.1) is 0 Å². The molecule has 0 aliphatic carbocycles. The van der Waals surface area contributed by atoms with Crippen molar-refractivity contribution in [3.8, 4) is 0 Å². The predicted molar refractivity (Wildman–Crippen MR) is 67.9 cm³/mol. The molecule has 0 bridgehead atoms. The first-order valence-electron chi connectivity index (χ1n) is 5.68. The maximum Gasteiger partial charge on any atom is 0.340 e. The second kappa shape index (κ2) is 6.89. The Labute approximate surface area is 114 Å². The smallest absolute Gasteiger partial charge is 0.340 e. The molecule has 0 radical (unpaired) electrons. The van der Waals surface area contributed by atoms with E-state index in [9.17, 15) is 19.5 Å². The minimum absolute atomic E-state index is 0.192. The van der Waals surface area contributed by atoms with Gasteiger partial charge in [0, 0.05) is 17.3 Å². The van der Waals surface area contributed by atoms with Gasteiger partial charge in [-0.15, -0.1) is 11.3 Å². The van der Waals surface area contributed by atoms with E-state index < -0.39 is 17.8 Å². The summed E-state index contributed by atoms with van der Waals surface area (Å²) in [6.07, 6.45) is 0.178. The van der Waals surface area contributed by atoms with Gasteiger partial charge in [0.05, 0.1) is 12.7 Å². The van der Waals surface area contributed by atoms with E-state index in [1.807, 2.05) is 6.92 Å². The lowest BCUT2D eigenvalue weighted by Gasteiger charge is -2.05. The molecule has 0 fully saturated rings. The van der Waals surface area contributed by atoms with E-state index in [1.54, 1.807) is 6.07 Å². The number of rotatable bonds is 6. The number of anilines is 1. The fourth-order valence-electron chi connectivity index (χ4n) is 1.38. The van der Waals surface area contributed by atoms with Crippen LogP contribution in [0.25, 0.3) is 0 Å². The van der Waals surface area contributed by atoms with Crippen LogP contribution >= 0.6 is 11.3 Å². The first kappa shape index (κ1) is 15.2. The molecule has 1 rings (SSSR count). The van der Waals surface area contributed by atoms with Crippen LogP contribution in [0.15, 0.2) is 6.07 Å². The Hall–Kier alpha value is -1.89. The molecule has 0 unspecified atom stereocenters. The number of amides is 1. The summed E-state index contributed by atoms with van der Waals surface area (Å²) in [5.74, 6) is -2.30. The van der Waals surface area contributed by atoms with Crippen LogP contribution in [-0.4, -0.2) is 25.0 Å². The first-order valence-corrected chi connectivity index (χ1v) is 6.50. The Kier molecular flexibility index (Phi) is 5.50. The SMILES string of the molecule is CCc1cc(C(=O)OC)c(NC(=O)CCC(=O)[O-])s1. The number of esters is 1. The summed E-state index contributed by atoms with van der Waals surface area (Å²) in [4.78, 5) is 34.3. The van der Waals surface area contributed by atoms with E-state index in [0.717, 1.165) is 11.3 Å². The van der Waals surface area contributed by atoms with Crippen molar-refractivity contribution in [2.75, 3.05) is 12.4 Å². The zero-order valence-electron chi connectivity index (χ0n) is 10.6. The molecule has 1 amide bonds. The number of carbonyl (C=O) groups is 3. The van der Waals surface area contributed by atoms with Crippen molar-refractivity contribution in [3.63, 3.8) is 0 Å². The average Bonchev–Trinajstić information content (AvgIpc) is 2.78. The highest BCUT2D eigenvalue weighted by Crippen LogP contribution is 2.29. The fraction of sp³-hybridized carbons (Fsp3) is 0.417. The Balaban J connectivity index is 2.81. The normalized spacial score (nSPS) is 10.0. The Morgan fingerprint density at radius 2 is 2.05 bits per heavy atom. The summed E-state index contributed by atoms with van der Waals surface area (Å²) in [6.45, 7) is 1.93. The predicted octanol–water partition coefficient (Wildman–Crippen LogP) is 0.566. The van der Waals surface area contributed by atoms with Crippen molar-refractivity contribution in [1.29, 1.82) is 0 Å². The standard InChI is InChI=1S/C12H15NO5S/c1-3-7-6-8(12(17)18-2)11(19-7)13-9(14)4-5-10(15)16/h6H,3-5H2,1-2H3,(H,13,14)(H,15,16)/p-1. The van der Waals surface area contributed by atoms with Gasteiger partial charge in [-0.25, -0.2) is 4.79 Å². The van der Waals surface area contributed by atoms with Crippen LogP contribution in [-0.2, 0) is 20.7 Å². The second-order valence-electron chi connectivity index (χ2n) is 3.72. The van der Waals surface area contributed by atoms with Gasteiger partial charge in [0.2, 0.25) is 5.91 Å². The quantitative estimate of drug-likeness (QED) is 0.770. The van der Waals surface area contributed by atoms with Gasteiger partial charge in [0.1, 0.15) is 5.00 Å². The summed E-state index contributed by atoms with van der Waals surface area (Å²) < 4.78 is 4.63. The van der Waals surface area contributed by atoms with Crippen LogP contribution in [0.3, 0.4) is 0 Å². The largest absolute Gasteiger partial charge is 0.550 e. The van der Waals surface area contributed by atoms with E-state index in [2.05, 4.69) is 10.1 Å². The van der Waals surface area contributed by atoms with E-state index in [4.69, 9.17) is 0 Å². The number of thiophene rings is 1. The highest BCUT2D eigenvalue weighted by atomic mass is 32.1. The molecule has 6 nitrogen and oxygen atoms in total. The van der Waals surface area contributed by atoms with Crippen molar-refractivity contribution in [3.05, 3.63) is 16.5 Å². The van der Waals surface area contributed by atoms with Gasteiger partial charge in [-0.1, -0.05) is 6.92 Å². The summed E-state index contributed by atoms with van der Waals surface area (Å²) in [5, 5.41) is 13.2. The number of carboxylic acid groups (broad SMARTS) is 1. The molecule has 0 aromatic carbocycles. The number of carbonyl (C=O) groups excluding carboxylic acids is 3. The van der Waals surface area contributed by atoms with Crippen LogP contribution in [0.1, 0.15) is 35.0 Å². The molecule has 0 atom stereocenters. The van der Waals surface area contributed by atoms with Gasteiger partial charge in [-0.2, -0.15) is 0 Å². The molecule has 1 aromatic rings. The van der Waals surface area contributed by atoms with Gasteiger partial charge in [-0.05, 0) is 18.9 Å². The maximum atomic E-state index is 11.5.